The predicted octanol–water partition coefficient (Wildman–Crippen LogP) is 4.14. The molecule has 112 valence electrons. The fourth-order valence-corrected chi connectivity index (χ4v) is 2.33. The SMILES string of the molecule is CC(C)c1cc(I)c(O)c(CNC(=O)OC(C)(C)C)c1. The minimum Gasteiger partial charge on any atom is -0.506 e. The van der Waals surface area contributed by atoms with Crippen molar-refractivity contribution in [2.45, 2.75) is 52.7 Å². The lowest BCUT2D eigenvalue weighted by Crippen LogP contribution is -2.32. The molecular formula is C15H22INO3. The number of phenolic OH excluding ortho intramolecular Hbond substituents is 1. The molecular weight excluding hydrogens is 369 g/mol. The largest absolute Gasteiger partial charge is 0.506 e. The molecule has 1 aromatic rings. The Kier molecular flexibility index (Phi) is 5.68. The Morgan fingerprint density at radius 1 is 1.40 bits per heavy atom. The second-order valence-electron chi connectivity index (χ2n) is 6.02. The van der Waals surface area contributed by atoms with E-state index in [9.17, 15) is 9.90 Å². The molecule has 1 amide bonds. The third-order valence-electron chi connectivity index (χ3n) is 2.65. The first-order valence-electron chi connectivity index (χ1n) is 6.58. The Bertz CT molecular complexity index is 493. The van der Waals surface area contributed by atoms with Gasteiger partial charge in [0.05, 0.1) is 3.57 Å². The van der Waals surface area contributed by atoms with Crippen LogP contribution in [0.1, 0.15) is 51.7 Å². The lowest BCUT2D eigenvalue weighted by Gasteiger charge is -2.20. The summed E-state index contributed by atoms with van der Waals surface area (Å²) < 4.78 is 5.96. The molecule has 0 spiro atoms. The number of aromatic hydroxyl groups is 1. The summed E-state index contributed by atoms with van der Waals surface area (Å²) in [7, 11) is 0. The first kappa shape index (κ1) is 17.1. The van der Waals surface area contributed by atoms with Crippen LogP contribution in [-0.2, 0) is 11.3 Å². The van der Waals surface area contributed by atoms with E-state index in [2.05, 4.69) is 41.8 Å². The maximum atomic E-state index is 11.6. The van der Waals surface area contributed by atoms with Gasteiger partial charge in [-0.05, 0) is 67.0 Å². The zero-order valence-electron chi connectivity index (χ0n) is 12.6. The number of alkyl carbamates (subject to hydrolysis) is 1. The lowest BCUT2D eigenvalue weighted by atomic mass is 10.0. The highest BCUT2D eigenvalue weighted by Gasteiger charge is 2.17. The summed E-state index contributed by atoms with van der Waals surface area (Å²) >= 11 is 2.09. The zero-order valence-corrected chi connectivity index (χ0v) is 14.7. The summed E-state index contributed by atoms with van der Waals surface area (Å²) in [6, 6.07) is 3.87. The summed E-state index contributed by atoms with van der Waals surface area (Å²) in [5, 5.41) is 12.7. The van der Waals surface area contributed by atoms with Crippen LogP contribution < -0.4 is 5.32 Å². The molecule has 5 heteroatoms. The number of rotatable bonds is 3. The van der Waals surface area contributed by atoms with Crippen LogP contribution in [0.25, 0.3) is 0 Å². The van der Waals surface area contributed by atoms with Crippen molar-refractivity contribution < 1.29 is 14.6 Å². The van der Waals surface area contributed by atoms with Crippen molar-refractivity contribution in [1.29, 1.82) is 0 Å². The fourth-order valence-electron chi connectivity index (χ4n) is 1.63. The van der Waals surface area contributed by atoms with Crippen molar-refractivity contribution in [3.05, 3.63) is 26.8 Å². The summed E-state index contributed by atoms with van der Waals surface area (Å²) in [5.74, 6) is 0.579. The fraction of sp³-hybridized carbons (Fsp3) is 0.533. The maximum Gasteiger partial charge on any atom is 0.407 e. The Labute approximate surface area is 134 Å². The molecule has 0 atom stereocenters. The van der Waals surface area contributed by atoms with Crippen LogP contribution in [0, 0.1) is 3.57 Å². The number of hydrogen-bond donors (Lipinski definition) is 2. The number of carbonyl (C=O) groups is 1. The molecule has 2 N–H and O–H groups in total. The van der Waals surface area contributed by atoms with Crippen LogP contribution >= 0.6 is 22.6 Å². The van der Waals surface area contributed by atoms with Crippen molar-refractivity contribution in [2.75, 3.05) is 0 Å². The molecule has 0 saturated heterocycles. The summed E-state index contributed by atoms with van der Waals surface area (Å²) in [5.41, 5.74) is 1.31. The van der Waals surface area contributed by atoms with Gasteiger partial charge in [0.1, 0.15) is 11.4 Å². The molecule has 0 bridgehead atoms. The van der Waals surface area contributed by atoms with Crippen LogP contribution in [-0.4, -0.2) is 16.8 Å². The van der Waals surface area contributed by atoms with Crippen LogP contribution in [0.3, 0.4) is 0 Å². The molecule has 20 heavy (non-hydrogen) atoms. The van der Waals surface area contributed by atoms with Crippen molar-refractivity contribution in [1.82, 2.24) is 5.32 Å². The highest BCUT2D eigenvalue weighted by molar-refractivity contribution is 14.1. The molecule has 0 unspecified atom stereocenters. The van der Waals surface area contributed by atoms with Gasteiger partial charge in [-0.3, -0.25) is 0 Å². The molecule has 0 aliphatic carbocycles. The van der Waals surface area contributed by atoms with E-state index < -0.39 is 11.7 Å². The molecule has 1 aromatic carbocycles. The van der Waals surface area contributed by atoms with Gasteiger partial charge in [-0.15, -0.1) is 0 Å². The number of amides is 1. The standard InChI is InChI=1S/C15H22INO3/c1-9(2)10-6-11(13(18)12(16)7-10)8-17-14(19)20-15(3,4)5/h6-7,9,18H,8H2,1-5H3,(H,17,19). The maximum absolute atomic E-state index is 11.6. The van der Waals surface area contributed by atoms with E-state index in [0.29, 0.717) is 11.5 Å². The third-order valence-corrected chi connectivity index (χ3v) is 3.48. The Morgan fingerprint density at radius 2 is 2.00 bits per heavy atom. The highest BCUT2D eigenvalue weighted by Crippen LogP contribution is 2.29. The third kappa shape index (κ3) is 5.19. The number of benzene rings is 1. The zero-order chi connectivity index (χ0) is 15.5. The number of halogens is 1. The Hall–Kier alpha value is -0.980. The molecule has 0 fully saturated rings. The second kappa shape index (κ2) is 6.65. The van der Waals surface area contributed by atoms with Crippen molar-refractivity contribution >= 4 is 28.7 Å². The minimum atomic E-state index is -0.527. The van der Waals surface area contributed by atoms with Gasteiger partial charge in [0.15, 0.2) is 0 Å². The molecule has 0 heterocycles. The van der Waals surface area contributed by atoms with Gasteiger partial charge in [-0.25, -0.2) is 4.79 Å². The molecule has 0 saturated carbocycles. The average Bonchev–Trinajstić information content (AvgIpc) is 2.28. The van der Waals surface area contributed by atoms with Gasteiger partial charge in [-0.1, -0.05) is 13.8 Å². The second-order valence-corrected chi connectivity index (χ2v) is 7.18. The van der Waals surface area contributed by atoms with E-state index in [1.165, 1.54) is 0 Å². The van der Waals surface area contributed by atoms with E-state index in [0.717, 1.165) is 9.13 Å². The van der Waals surface area contributed by atoms with Crippen LogP contribution in [0.2, 0.25) is 0 Å². The van der Waals surface area contributed by atoms with E-state index >= 15 is 0 Å². The predicted molar refractivity (Wildman–Crippen MR) is 88.0 cm³/mol. The number of ether oxygens (including phenoxy) is 1. The Morgan fingerprint density at radius 3 is 2.50 bits per heavy atom. The van der Waals surface area contributed by atoms with Gasteiger partial charge >= 0.3 is 6.09 Å². The van der Waals surface area contributed by atoms with Crippen molar-refractivity contribution in [3.63, 3.8) is 0 Å². The number of hydrogen-bond acceptors (Lipinski definition) is 3. The highest BCUT2D eigenvalue weighted by atomic mass is 127. The normalized spacial score (nSPS) is 11.6. The molecule has 0 aliphatic heterocycles. The molecule has 0 aliphatic rings. The van der Waals surface area contributed by atoms with Crippen molar-refractivity contribution in [3.8, 4) is 5.75 Å². The van der Waals surface area contributed by atoms with Gasteiger partial charge in [0.25, 0.3) is 0 Å². The molecule has 1 rings (SSSR count). The summed E-state index contributed by atoms with van der Waals surface area (Å²) in [4.78, 5) is 11.6. The number of phenols is 1. The van der Waals surface area contributed by atoms with Gasteiger partial charge < -0.3 is 15.2 Å². The first-order chi connectivity index (χ1) is 9.10. The van der Waals surface area contributed by atoms with Crippen molar-refractivity contribution in [2.24, 2.45) is 0 Å². The van der Waals surface area contributed by atoms with Gasteiger partial charge in [0.2, 0.25) is 0 Å². The number of carbonyl (C=O) groups excluding carboxylic acids is 1. The van der Waals surface area contributed by atoms with Crippen LogP contribution in [0.5, 0.6) is 5.75 Å². The topological polar surface area (TPSA) is 58.6 Å². The Balaban J connectivity index is 2.80. The summed E-state index contributed by atoms with van der Waals surface area (Å²) in [6.45, 7) is 9.86. The molecule has 0 radical (unpaired) electrons. The number of nitrogens with one attached hydrogen (secondary N) is 1. The lowest BCUT2D eigenvalue weighted by molar-refractivity contribution is 0.0523. The monoisotopic (exact) mass is 391 g/mol. The minimum absolute atomic E-state index is 0.214. The van der Waals surface area contributed by atoms with E-state index in [1.807, 2.05) is 32.9 Å². The van der Waals surface area contributed by atoms with Gasteiger partial charge in [-0.2, -0.15) is 0 Å². The van der Waals surface area contributed by atoms with E-state index in [1.54, 1.807) is 0 Å². The smallest absolute Gasteiger partial charge is 0.407 e. The average molecular weight is 391 g/mol. The van der Waals surface area contributed by atoms with Crippen LogP contribution in [0.15, 0.2) is 12.1 Å². The molecule has 0 aromatic heterocycles. The van der Waals surface area contributed by atoms with E-state index in [4.69, 9.17) is 4.74 Å². The van der Waals surface area contributed by atoms with Gasteiger partial charge in [0, 0.05) is 12.1 Å². The molecule has 4 nitrogen and oxygen atoms in total. The summed E-state index contributed by atoms with van der Waals surface area (Å²) in [6.07, 6.45) is -0.484. The van der Waals surface area contributed by atoms with Crippen LogP contribution in [0.4, 0.5) is 4.79 Å². The quantitative estimate of drug-likeness (QED) is 0.762. The first-order valence-corrected chi connectivity index (χ1v) is 7.66. The van der Waals surface area contributed by atoms with E-state index in [-0.39, 0.29) is 12.3 Å².